The Bertz CT molecular complexity index is 402. The van der Waals surface area contributed by atoms with E-state index in [1.807, 2.05) is 36.0 Å². The number of carbonyl (C=O) groups is 1. The normalized spacial score (nSPS) is 21.2. The number of amides is 1. The van der Waals surface area contributed by atoms with Crippen molar-refractivity contribution in [3.05, 3.63) is 29.8 Å². The Kier molecular flexibility index (Phi) is 4.51. The molecule has 0 radical (unpaired) electrons. The molecule has 1 saturated heterocycles. The number of nitrogens with one attached hydrogen (secondary N) is 1. The standard InChI is InChI=1S/C13H16BrNOS/c1-9(14)11-4-2-3-5-12(11)15-13(16)10-6-7-17-8-10/h2-5,9-10H,6-8H2,1H3,(H,15,16). The van der Waals surface area contributed by atoms with Crippen molar-refractivity contribution in [2.75, 3.05) is 16.8 Å². The van der Waals surface area contributed by atoms with Gasteiger partial charge in [-0.05, 0) is 30.7 Å². The Morgan fingerprint density at radius 3 is 2.94 bits per heavy atom. The second kappa shape index (κ2) is 5.91. The molecule has 1 amide bonds. The predicted octanol–water partition coefficient (Wildman–Crippen LogP) is 3.83. The van der Waals surface area contributed by atoms with Crippen molar-refractivity contribution in [2.24, 2.45) is 5.92 Å². The average Bonchev–Trinajstić information content (AvgIpc) is 2.83. The molecule has 0 bridgehead atoms. The van der Waals surface area contributed by atoms with Gasteiger partial charge in [0.2, 0.25) is 5.91 Å². The maximum absolute atomic E-state index is 12.0. The Hall–Kier alpha value is -0.480. The van der Waals surface area contributed by atoms with Crippen LogP contribution in [0, 0.1) is 5.92 Å². The first-order valence-electron chi connectivity index (χ1n) is 5.80. The zero-order valence-electron chi connectivity index (χ0n) is 9.78. The van der Waals surface area contributed by atoms with Crippen LogP contribution in [0.4, 0.5) is 5.69 Å². The van der Waals surface area contributed by atoms with Crippen LogP contribution in [0.5, 0.6) is 0 Å². The first-order chi connectivity index (χ1) is 8.18. The minimum absolute atomic E-state index is 0.163. The lowest BCUT2D eigenvalue weighted by molar-refractivity contribution is -0.119. The SMILES string of the molecule is CC(Br)c1ccccc1NC(=O)C1CCSC1. The minimum atomic E-state index is 0.163. The topological polar surface area (TPSA) is 29.1 Å². The molecule has 4 heteroatoms. The van der Waals surface area contributed by atoms with Crippen molar-refractivity contribution in [3.63, 3.8) is 0 Å². The number of para-hydroxylation sites is 1. The molecule has 2 nitrogen and oxygen atoms in total. The number of benzene rings is 1. The van der Waals surface area contributed by atoms with Gasteiger partial charge in [0.05, 0.1) is 0 Å². The zero-order valence-corrected chi connectivity index (χ0v) is 12.2. The van der Waals surface area contributed by atoms with Gasteiger partial charge in [-0.15, -0.1) is 0 Å². The number of hydrogen-bond acceptors (Lipinski definition) is 2. The third kappa shape index (κ3) is 3.26. The summed E-state index contributed by atoms with van der Waals surface area (Å²) in [6, 6.07) is 7.96. The molecule has 1 aromatic carbocycles. The third-order valence-corrected chi connectivity index (χ3v) is 4.60. The molecule has 92 valence electrons. The lowest BCUT2D eigenvalue weighted by Crippen LogP contribution is -2.23. The molecule has 0 aromatic heterocycles. The number of thioether (sulfide) groups is 1. The highest BCUT2D eigenvalue weighted by Gasteiger charge is 2.23. The quantitative estimate of drug-likeness (QED) is 0.859. The molecule has 1 fully saturated rings. The second-order valence-corrected chi connectivity index (χ2v) is 6.78. The van der Waals surface area contributed by atoms with E-state index in [-0.39, 0.29) is 16.7 Å². The lowest BCUT2D eigenvalue weighted by Gasteiger charge is -2.14. The first kappa shape index (κ1) is 13.0. The number of alkyl halides is 1. The summed E-state index contributed by atoms with van der Waals surface area (Å²) in [4.78, 5) is 12.3. The monoisotopic (exact) mass is 313 g/mol. The van der Waals surface area contributed by atoms with Crippen molar-refractivity contribution in [1.82, 2.24) is 0 Å². The van der Waals surface area contributed by atoms with Gasteiger partial charge in [-0.3, -0.25) is 4.79 Å². The molecule has 17 heavy (non-hydrogen) atoms. The molecular weight excluding hydrogens is 298 g/mol. The van der Waals surface area contributed by atoms with E-state index in [1.54, 1.807) is 0 Å². The van der Waals surface area contributed by atoms with E-state index in [2.05, 4.69) is 28.2 Å². The van der Waals surface area contributed by atoms with E-state index < -0.39 is 0 Å². The van der Waals surface area contributed by atoms with Crippen LogP contribution in [-0.4, -0.2) is 17.4 Å². The van der Waals surface area contributed by atoms with Crippen molar-refractivity contribution in [2.45, 2.75) is 18.2 Å². The van der Waals surface area contributed by atoms with Gasteiger partial charge in [0.15, 0.2) is 0 Å². The fraction of sp³-hybridized carbons (Fsp3) is 0.462. The fourth-order valence-electron chi connectivity index (χ4n) is 1.93. The van der Waals surface area contributed by atoms with Crippen LogP contribution in [0.25, 0.3) is 0 Å². The van der Waals surface area contributed by atoms with Gasteiger partial charge < -0.3 is 5.32 Å². The molecule has 1 heterocycles. The summed E-state index contributed by atoms with van der Waals surface area (Å²) < 4.78 is 0. The van der Waals surface area contributed by atoms with E-state index >= 15 is 0 Å². The minimum Gasteiger partial charge on any atom is -0.326 e. The highest BCUT2D eigenvalue weighted by atomic mass is 79.9. The number of anilines is 1. The molecule has 0 spiro atoms. The number of hydrogen-bond donors (Lipinski definition) is 1. The summed E-state index contributed by atoms with van der Waals surface area (Å²) in [6.45, 7) is 2.07. The lowest BCUT2D eigenvalue weighted by atomic mass is 10.1. The number of halogens is 1. The summed E-state index contributed by atoms with van der Waals surface area (Å²) in [7, 11) is 0. The molecule has 1 aromatic rings. The van der Waals surface area contributed by atoms with Crippen LogP contribution < -0.4 is 5.32 Å². The average molecular weight is 314 g/mol. The van der Waals surface area contributed by atoms with Crippen LogP contribution in [0.1, 0.15) is 23.7 Å². The second-order valence-electron chi connectivity index (χ2n) is 4.25. The van der Waals surface area contributed by atoms with E-state index in [4.69, 9.17) is 0 Å². The van der Waals surface area contributed by atoms with E-state index in [1.165, 1.54) is 0 Å². The van der Waals surface area contributed by atoms with Gasteiger partial charge in [-0.25, -0.2) is 0 Å². The fourth-order valence-corrected chi connectivity index (χ4v) is 3.55. The molecule has 2 unspecified atom stereocenters. The molecular formula is C13H16BrNOS. The van der Waals surface area contributed by atoms with Crippen molar-refractivity contribution in [3.8, 4) is 0 Å². The summed E-state index contributed by atoms with van der Waals surface area (Å²) >= 11 is 5.41. The Balaban J connectivity index is 2.09. The summed E-state index contributed by atoms with van der Waals surface area (Å²) in [5, 5.41) is 3.05. The molecule has 2 rings (SSSR count). The Labute approximate surface area is 115 Å². The van der Waals surface area contributed by atoms with Gasteiger partial charge in [0.25, 0.3) is 0 Å². The van der Waals surface area contributed by atoms with Crippen molar-refractivity contribution >= 4 is 39.3 Å². The predicted molar refractivity (Wildman–Crippen MR) is 77.8 cm³/mol. The van der Waals surface area contributed by atoms with E-state index in [9.17, 15) is 4.79 Å². The summed E-state index contributed by atoms with van der Waals surface area (Å²) in [5.41, 5.74) is 2.06. The summed E-state index contributed by atoms with van der Waals surface area (Å²) in [6.07, 6.45) is 1.00. The maximum atomic E-state index is 12.0. The van der Waals surface area contributed by atoms with Crippen molar-refractivity contribution in [1.29, 1.82) is 0 Å². The van der Waals surface area contributed by atoms with Gasteiger partial charge in [0.1, 0.15) is 0 Å². The molecule has 0 aliphatic carbocycles. The molecule has 1 aliphatic heterocycles. The first-order valence-corrected chi connectivity index (χ1v) is 7.87. The summed E-state index contributed by atoms with van der Waals surface area (Å²) in [5.74, 6) is 2.40. The van der Waals surface area contributed by atoms with E-state index in [0.29, 0.717) is 0 Å². The maximum Gasteiger partial charge on any atom is 0.228 e. The third-order valence-electron chi connectivity index (χ3n) is 2.95. The number of carbonyl (C=O) groups excluding carboxylic acids is 1. The Morgan fingerprint density at radius 2 is 2.29 bits per heavy atom. The van der Waals surface area contributed by atoms with Gasteiger partial charge in [0, 0.05) is 22.2 Å². The molecule has 1 N–H and O–H groups in total. The van der Waals surface area contributed by atoms with Crippen LogP contribution in [0.2, 0.25) is 0 Å². The highest BCUT2D eigenvalue weighted by molar-refractivity contribution is 9.09. The largest absolute Gasteiger partial charge is 0.326 e. The molecule has 2 atom stereocenters. The van der Waals surface area contributed by atoms with Crippen LogP contribution >= 0.6 is 27.7 Å². The van der Waals surface area contributed by atoms with Gasteiger partial charge in [-0.1, -0.05) is 34.1 Å². The van der Waals surface area contributed by atoms with Gasteiger partial charge in [-0.2, -0.15) is 11.8 Å². The van der Waals surface area contributed by atoms with Crippen molar-refractivity contribution < 1.29 is 4.79 Å². The smallest absolute Gasteiger partial charge is 0.228 e. The zero-order chi connectivity index (χ0) is 12.3. The van der Waals surface area contributed by atoms with Gasteiger partial charge >= 0.3 is 0 Å². The highest BCUT2D eigenvalue weighted by Crippen LogP contribution is 2.30. The number of rotatable bonds is 3. The molecule has 1 aliphatic rings. The van der Waals surface area contributed by atoms with Crippen LogP contribution in [-0.2, 0) is 4.79 Å². The molecule has 0 saturated carbocycles. The van der Waals surface area contributed by atoms with E-state index in [0.717, 1.165) is 29.2 Å². The van der Waals surface area contributed by atoms with Crippen LogP contribution in [0.15, 0.2) is 24.3 Å². The Morgan fingerprint density at radius 1 is 1.53 bits per heavy atom. The van der Waals surface area contributed by atoms with Crippen LogP contribution in [0.3, 0.4) is 0 Å².